The Morgan fingerprint density at radius 2 is 1.57 bits per heavy atom. The minimum absolute atomic E-state index is 0.0175. The van der Waals surface area contributed by atoms with Crippen LogP contribution in [-0.2, 0) is 13.0 Å². The molecular weight excluding hydrogens is 456 g/mol. The van der Waals surface area contributed by atoms with Crippen molar-refractivity contribution < 1.29 is 9.53 Å². The molecule has 1 N–H and O–H groups in total. The molecule has 2 aliphatic rings. The number of hydrogen-bond donors (Lipinski definition) is 1. The summed E-state index contributed by atoms with van der Waals surface area (Å²) < 4.78 is 6.40. The van der Waals surface area contributed by atoms with E-state index in [1.807, 2.05) is 30.3 Å². The van der Waals surface area contributed by atoms with E-state index < -0.39 is 0 Å². The van der Waals surface area contributed by atoms with Crippen molar-refractivity contribution in [1.82, 2.24) is 10.2 Å². The van der Waals surface area contributed by atoms with E-state index in [1.54, 1.807) is 0 Å². The summed E-state index contributed by atoms with van der Waals surface area (Å²) in [6.45, 7) is 7.56. The third-order valence-corrected chi connectivity index (χ3v) is 8.49. The zero-order chi connectivity index (χ0) is 25.7. The largest absolute Gasteiger partial charge is 0.487 e. The van der Waals surface area contributed by atoms with Crippen molar-refractivity contribution in [2.24, 2.45) is 5.92 Å². The fourth-order valence-corrected chi connectivity index (χ4v) is 5.99. The minimum Gasteiger partial charge on any atom is -0.487 e. The summed E-state index contributed by atoms with van der Waals surface area (Å²) in [6, 6.07) is 27.1. The molecular formula is C33H40N2O2. The number of likely N-dealkylation sites (tertiary alicyclic amines) is 1. The van der Waals surface area contributed by atoms with Crippen molar-refractivity contribution in [2.45, 2.75) is 70.6 Å². The van der Waals surface area contributed by atoms with E-state index >= 15 is 0 Å². The average Bonchev–Trinajstić information content (AvgIpc) is 2.95. The van der Waals surface area contributed by atoms with Gasteiger partial charge in [-0.15, -0.1) is 0 Å². The number of piperidine rings is 1. The van der Waals surface area contributed by atoms with Crippen molar-refractivity contribution >= 4 is 5.91 Å². The predicted octanol–water partition coefficient (Wildman–Crippen LogP) is 6.95. The molecule has 0 unspecified atom stereocenters. The van der Waals surface area contributed by atoms with Gasteiger partial charge in [-0.25, -0.2) is 0 Å². The zero-order valence-corrected chi connectivity index (χ0v) is 22.3. The van der Waals surface area contributed by atoms with Crippen LogP contribution in [-0.4, -0.2) is 29.5 Å². The van der Waals surface area contributed by atoms with Gasteiger partial charge in [-0.3, -0.25) is 9.69 Å². The summed E-state index contributed by atoms with van der Waals surface area (Å²) in [4.78, 5) is 15.8. The summed E-state index contributed by atoms with van der Waals surface area (Å²) in [6.07, 6.45) is 6.32. The number of hydrogen-bond acceptors (Lipinski definition) is 3. The van der Waals surface area contributed by atoms with Crippen LogP contribution in [0.15, 0.2) is 78.9 Å². The van der Waals surface area contributed by atoms with E-state index in [0.29, 0.717) is 5.56 Å². The Bertz CT molecular complexity index is 1160. The lowest BCUT2D eigenvalue weighted by Gasteiger charge is -2.41. The van der Waals surface area contributed by atoms with Crippen LogP contribution in [0.1, 0.15) is 79.0 Å². The molecule has 0 aromatic heterocycles. The number of ether oxygens (including phenoxy) is 1. The molecule has 194 valence electrons. The molecule has 0 bridgehead atoms. The number of nitrogens with zero attached hydrogens (tertiary/aromatic N) is 1. The van der Waals surface area contributed by atoms with Crippen molar-refractivity contribution in [3.8, 4) is 5.75 Å². The zero-order valence-electron chi connectivity index (χ0n) is 22.3. The fourth-order valence-electron chi connectivity index (χ4n) is 5.99. The van der Waals surface area contributed by atoms with Crippen LogP contribution in [0.4, 0.5) is 0 Å². The molecule has 2 heterocycles. The highest BCUT2D eigenvalue weighted by molar-refractivity contribution is 5.94. The Labute approximate surface area is 222 Å². The summed E-state index contributed by atoms with van der Waals surface area (Å²) in [5.74, 6) is 1.65. The van der Waals surface area contributed by atoms with Crippen LogP contribution >= 0.6 is 0 Å². The SMILES string of the molecule is CCC1(CC)C[C@@H](NC(=O)c2ccc(CN3CCC(Cc4ccccc4)CC3)cc2)c2ccccc2O1. The van der Waals surface area contributed by atoms with Crippen molar-refractivity contribution in [2.75, 3.05) is 13.1 Å². The number of carbonyl (C=O) groups is 1. The number of nitrogens with one attached hydrogen (secondary N) is 1. The Hall–Kier alpha value is -3.11. The van der Waals surface area contributed by atoms with E-state index in [1.165, 1.54) is 30.4 Å². The minimum atomic E-state index is -0.231. The number of rotatable bonds is 8. The lowest BCUT2D eigenvalue weighted by atomic mass is 9.83. The molecule has 37 heavy (non-hydrogen) atoms. The molecule has 0 saturated carbocycles. The normalized spacial score (nSPS) is 19.6. The van der Waals surface area contributed by atoms with Crippen LogP contribution in [0.3, 0.4) is 0 Å². The highest BCUT2D eigenvalue weighted by Gasteiger charge is 2.39. The number of para-hydroxylation sites is 1. The average molecular weight is 497 g/mol. The molecule has 2 aliphatic heterocycles. The lowest BCUT2D eigenvalue weighted by molar-refractivity contribution is 0.0227. The smallest absolute Gasteiger partial charge is 0.251 e. The molecule has 1 amide bonds. The van der Waals surface area contributed by atoms with E-state index in [9.17, 15) is 4.79 Å². The van der Waals surface area contributed by atoms with Crippen molar-refractivity contribution in [3.05, 3.63) is 101 Å². The second-order valence-corrected chi connectivity index (χ2v) is 10.9. The lowest BCUT2D eigenvalue weighted by Crippen LogP contribution is -2.44. The van der Waals surface area contributed by atoms with Gasteiger partial charge in [-0.2, -0.15) is 0 Å². The first-order valence-corrected chi connectivity index (χ1v) is 14.0. The van der Waals surface area contributed by atoms with Gasteiger partial charge in [0.25, 0.3) is 5.91 Å². The molecule has 3 aromatic rings. The molecule has 0 spiro atoms. The number of fused-ring (bicyclic) bond motifs is 1. The molecule has 1 saturated heterocycles. The highest BCUT2D eigenvalue weighted by atomic mass is 16.5. The van der Waals surface area contributed by atoms with Gasteiger partial charge >= 0.3 is 0 Å². The maximum absolute atomic E-state index is 13.2. The first-order valence-electron chi connectivity index (χ1n) is 14.0. The molecule has 0 aliphatic carbocycles. The van der Waals surface area contributed by atoms with E-state index in [2.05, 4.69) is 72.6 Å². The molecule has 0 radical (unpaired) electrons. The molecule has 1 fully saturated rings. The highest BCUT2D eigenvalue weighted by Crippen LogP contribution is 2.42. The quantitative estimate of drug-likeness (QED) is 0.367. The molecule has 4 nitrogen and oxygen atoms in total. The van der Waals surface area contributed by atoms with Gasteiger partial charge in [0, 0.05) is 24.1 Å². The number of amides is 1. The molecule has 3 aromatic carbocycles. The summed E-state index contributed by atoms with van der Waals surface area (Å²) in [7, 11) is 0. The standard InChI is InChI=1S/C33H40N2O2/c1-3-33(4-2)23-30(29-12-8-9-13-31(29)37-33)34-32(36)28-16-14-27(15-17-28)24-35-20-18-26(19-21-35)22-25-10-6-5-7-11-25/h5-17,26,30H,3-4,18-24H2,1-2H3,(H,34,36)/t30-/m1/s1. The Morgan fingerprint density at radius 3 is 2.27 bits per heavy atom. The van der Waals surface area contributed by atoms with Crippen LogP contribution in [0.25, 0.3) is 0 Å². The van der Waals surface area contributed by atoms with Crippen LogP contribution in [0.2, 0.25) is 0 Å². The van der Waals surface area contributed by atoms with Crippen LogP contribution in [0.5, 0.6) is 5.75 Å². The monoisotopic (exact) mass is 496 g/mol. The Kier molecular flexibility index (Phi) is 7.95. The van der Waals surface area contributed by atoms with Gasteiger partial charge in [-0.05, 0) is 80.4 Å². The topological polar surface area (TPSA) is 41.6 Å². The third-order valence-electron chi connectivity index (χ3n) is 8.49. The second kappa shape index (κ2) is 11.5. The summed E-state index contributed by atoms with van der Waals surface area (Å²) >= 11 is 0. The molecule has 4 heteroatoms. The van der Waals surface area contributed by atoms with E-state index in [4.69, 9.17) is 4.74 Å². The first kappa shape index (κ1) is 25.5. The van der Waals surface area contributed by atoms with Gasteiger partial charge in [0.2, 0.25) is 0 Å². The van der Waals surface area contributed by atoms with E-state index in [-0.39, 0.29) is 17.6 Å². The van der Waals surface area contributed by atoms with Crippen molar-refractivity contribution in [3.63, 3.8) is 0 Å². The second-order valence-electron chi connectivity index (χ2n) is 10.9. The third kappa shape index (κ3) is 6.07. The first-order chi connectivity index (χ1) is 18.1. The fraction of sp³-hybridized carbons (Fsp3) is 0.424. The maximum Gasteiger partial charge on any atom is 0.251 e. The van der Waals surface area contributed by atoms with Gasteiger partial charge in [0.15, 0.2) is 0 Å². The summed E-state index contributed by atoms with van der Waals surface area (Å²) in [5.41, 5.74) is 4.28. The Balaban J connectivity index is 1.16. The van der Waals surface area contributed by atoms with E-state index in [0.717, 1.165) is 56.1 Å². The van der Waals surface area contributed by atoms with Gasteiger partial charge in [0.05, 0.1) is 6.04 Å². The summed E-state index contributed by atoms with van der Waals surface area (Å²) in [5, 5.41) is 3.31. The number of carbonyl (C=O) groups excluding carboxylic acids is 1. The van der Waals surface area contributed by atoms with Gasteiger partial charge in [-0.1, -0.05) is 74.5 Å². The Morgan fingerprint density at radius 1 is 0.892 bits per heavy atom. The van der Waals surface area contributed by atoms with Crippen LogP contribution in [0, 0.1) is 5.92 Å². The van der Waals surface area contributed by atoms with Gasteiger partial charge in [0.1, 0.15) is 11.4 Å². The van der Waals surface area contributed by atoms with Crippen molar-refractivity contribution in [1.29, 1.82) is 0 Å². The predicted molar refractivity (Wildman–Crippen MR) is 150 cm³/mol. The van der Waals surface area contributed by atoms with Gasteiger partial charge < -0.3 is 10.1 Å². The molecule has 1 atom stereocenters. The molecule has 5 rings (SSSR count). The maximum atomic E-state index is 13.2. The van der Waals surface area contributed by atoms with Crippen LogP contribution < -0.4 is 10.1 Å². The number of benzene rings is 3.